The molecule has 5 N–H and O–H groups in total. The molecule has 0 fully saturated rings. The molecule has 0 heterocycles. The summed E-state index contributed by atoms with van der Waals surface area (Å²) in [5, 5.41) is 18.6. The van der Waals surface area contributed by atoms with Crippen LogP contribution in [-0.4, -0.2) is 71.1 Å². The van der Waals surface area contributed by atoms with E-state index in [1.54, 1.807) is 6.08 Å². The Bertz CT molecular complexity index is 1150. The molecular formula is C40H68NO11P. The van der Waals surface area contributed by atoms with E-state index in [9.17, 15) is 28.9 Å². The van der Waals surface area contributed by atoms with E-state index < -0.39 is 57.2 Å². The first-order valence-corrected chi connectivity index (χ1v) is 20.9. The lowest BCUT2D eigenvalue weighted by Crippen LogP contribution is -2.34. The first-order valence-electron chi connectivity index (χ1n) is 19.4. The fourth-order valence-electron chi connectivity index (χ4n) is 4.77. The molecule has 0 aliphatic carbocycles. The van der Waals surface area contributed by atoms with Gasteiger partial charge >= 0.3 is 25.7 Å². The van der Waals surface area contributed by atoms with Crippen LogP contribution < -0.4 is 5.73 Å². The lowest BCUT2D eigenvalue weighted by atomic mass is 10.1. The normalized spacial score (nSPS) is 15.1. The predicted molar refractivity (Wildman–Crippen MR) is 209 cm³/mol. The van der Waals surface area contributed by atoms with E-state index in [-0.39, 0.29) is 19.4 Å². The van der Waals surface area contributed by atoms with Gasteiger partial charge in [0.1, 0.15) is 12.6 Å². The summed E-state index contributed by atoms with van der Waals surface area (Å²) < 4.78 is 32.5. The second-order valence-electron chi connectivity index (χ2n) is 12.9. The molecule has 0 aromatic heterocycles. The smallest absolute Gasteiger partial charge is 0.472 e. The monoisotopic (exact) mass is 769 g/mol. The summed E-state index contributed by atoms with van der Waals surface area (Å²) in [5.74, 6) is -2.49. The van der Waals surface area contributed by atoms with Crippen molar-refractivity contribution in [1.82, 2.24) is 0 Å². The Kier molecular flexibility index (Phi) is 33.0. The third-order valence-corrected chi connectivity index (χ3v) is 8.81. The van der Waals surface area contributed by atoms with E-state index in [4.69, 9.17) is 24.8 Å². The van der Waals surface area contributed by atoms with E-state index >= 15 is 0 Å². The van der Waals surface area contributed by atoms with Crippen LogP contribution in [0.2, 0.25) is 0 Å². The molecule has 304 valence electrons. The number of carbonyl (C=O) groups excluding carboxylic acids is 2. The molecule has 0 aromatic carbocycles. The van der Waals surface area contributed by atoms with Crippen LogP contribution in [0.1, 0.15) is 136 Å². The number of esters is 2. The molecule has 4 atom stereocenters. The molecule has 0 aliphatic heterocycles. The van der Waals surface area contributed by atoms with Crippen molar-refractivity contribution in [3.63, 3.8) is 0 Å². The Morgan fingerprint density at radius 1 is 0.698 bits per heavy atom. The van der Waals surface area contributed by atoms with Gasteiger partial charge in [0.25, 0.3) is 0 Å². The lowest BCUT2D eigenvalue weighted by molar-refractivity contribution is -0.161. The molecule has 13 heteroatoms. The molecule has 0 aliphatic rings. The first-order chi connectivity index (χ1) is 25.5. The van der Waals surface area contributed by atoms with Gasteiger partial charge in [-0.1, -0.05) is 139 Å². The average molecular weight is 770 g/mol. The average Bonchev–Trinajstić information content (AvgIpc) is 3.13. The van der Waals surface area contributed by atoms with Crippen molar-refractivity contribution in [1.29, 1.82) is 0 Å². The quantitative estimate of drug-likeness (QED) is 0.0158. The number of aliphatic carboxylic acids is 1. The van der Waals surface area contributed by atoms with Crippen molar-refractivity contribution in [2.45, 2.75) is 154 Å². The van der Waals surface area contributed by atoms with Crippen LogP contribution in [0, 0.1) is 0 Å². The molecule has 0 bridgehead atoms. The lowest BCUT2D eigenvalue weighted by Gasteiger charge is -2.20. The number of aliphatic hydroxyl groups excluding tert-OH is 1. The van der Waals surface area contributed by atoms with Crippen LogP contribution in [0.4, 0.5) is 0 Å². The molecule has 12 nitrogen and oxygen atoms in total. The van der Waals surface area contributed by atoms with Crippen molar-refractivity contribution in [3.05, 3.63) is 60.8 Å². The van der Waals surface area contributed by atoms with Crippen molar-refractivity contribution in [2.24, 2.45) is 5.73 Å². The van der Waals surface area contributed by atoms with Crippen LogP contribution in [0.15, 0.2) is 60.8 Å². The van der Waals surface area contributed by atoms with Gasteiger partial charge < -0.3 is 30.3 Å². The second kappa shape index (κ2) is 34.9. The molecule has 0 spiro atoms. The number of allylic oxidation sites excluding steroid dienone is 8. The van der Waals surface area contributed by atoms with Gasteiger partial charge in [0.15, 0.2) is 6.10 Å². The number of rotatable bonds is 35. The number of carboxylic acid groups (broad SMARTS) is 1. The van der Waals surface area contributed by atoms with Crippen LogP contribution in [0.5, 0.6) is 0 Å². The third-order valence-electron chi connectivity index (χ3n) is 7.85. The highest BCUT2D eigenvalue weighted by molar-refractivity contribution is 7.47. The number of carboxylic acids is 1. The Labute approximate surface area is 318 Å². The number of unbranched alkanes of at least 4 members (excludes halogenated alkanes) is 11. The summed E-state index contributed by atoms with van der Waals surface area (Å²) >= 11 is 0. The fourth-order valence-corrected chi connectivity index (χ4v) is 5.54. The molecular weight excluding hydrogens is 701 g/mol. The van der Waals surface area contributed by atoms with Crippen molar-refractivity contribution in [2.75, 3.05) is 19.8 Å². The Hall–Kier alpha value is -2.86. The van der Waals surface area contributed by atoms with Crippen molar-refractivity contribution in [3.8, 4) is 0 Å². The number of hydrogen-bond acceptors (Lipinski definition) is 10. The van der Waals surface area contributed by atoms with Crippen LogP contribution >= 0.6 is 7.82 Å². The van der Waals surface area contributed by atoms with E-state index in [2.05, 4.69) is 17.5 Å². The number of hydrogen-bond donors (Lipinski definition) is 4. The van der Waals surface area contributed by atoms with Gasteiger partial charge in [-0.05, 0) is 44.9 Å². The van der Waals surface area contributed by atoms with Gasteiger partial charge in [-0.3, -0.25) is 23.4 Å². The molecule has 0 saturated carbocycles. The number of phosphoric ester groups is 1. The number of aliphatic hydroxyl groups is 1. The predicted octanol–water partition coefficient (Wildman–Crippen LogP) is 8.58. The summed E-state index contributed by atoms with van der Waals surface area (Å²) in [7, 11) is -4.74. The van der Waals surface area contributed by atoms with Gasteiger partial charge in [-0.25, -0.2) is 4.57 Å². The highest BCUT2D eigenvalue weighted by Crippen LogP contribution is 2.43. The van der Waals surface area contributed by atoms with E-state index in [1.807, 2.05) is 55.5 Å². The van der Waals surface area contributed by atoms with Gasteiger partial charge in [0.2, 0.25) is 0 Å². The summed E-state index contributed by atoms with van der Waals surface area (Å²) in [5.41, 5.74) is 5.31. The zero-order chi connectivity index (χ0) is 39.4. The summed E-state index contributed by atoms with van der Waals surface area (Å²) in [4.78, 5) is 45.7. The van der Waals surface area contributed by atoms with Gasteiger partial charge in [-0.15, -0.1) is 0 Å². The highest BCUT2D eigenvalue weighted by Gasteiger charge is 2.28. The number of ether oxygens (including phenoxy) is 2. The minimum absolute atomic E-state index is 0.0638. The van der Waals surface area contributed by atoms with E-state index in [0.29, 0.717) is 25.7 Å². The Morgan fingerprint density at radius 2 is 1.26 bits per heavy atom. The summed E-state index contributed by atoms with van der Waals surface area (Å²) in [6.07, 6.45) is 35.0. The highest BCUT2D eigenvalue weighted by atomic mass is 31.2. The molecule has 0 radical (unpaired) electrons. The number of carbonyl (C=O) groups is 3. The van der Waals surface area contributed by atoms with Gasteiger partial charge in [0, 0.05) is 12.8 Å². The number of phosphoric acid groups is 1. The first kappa shape index (κ1) is 50.1. The fraction of sp³-hybridized carbons (Fsp3) is 0.675. The van der Waals surface area contributed by atoms with Crippen molar-refractivity contribution < 1.29 is 52.6 Å². The van der Waals surface area contributed by atoms with Gasteiger partial charge in [-0.2, -0.15) is 0 Å². The van der Waals surface area contributed by atoms with E-state index in [1.165, 1.54) is 44.9 Å². The Balaban J connectivity index is 4.58. The molecule has 0 saturated heterocycles. The minimum atomic E-state index is -4.74. The molecule has 0 rings (SSSR count). The molecule has 0 aromatic rings. The molecule has 2 unspecified atom stereocenters. The largest absolute Gasteiger partial charge is 0.480 e. The Morgan fingerprint density at radius 3 is 1.91 bits per heavy atom. The zero-order valence-corrected chi connectivity index (χ0v) is 33.1. The zero-order valence-electron chi connectivity index (χ0n) is 32.2. The van der Waals surface area contributed by atoms with Gasteiger partial charge in [0.05, 0.1) is 19.3 Å². The topological polar surface area (TPSA) is 192 Å². The maximum Gasteiger partial charge on any atom is 0.472 e. The maximum atomic E-state index is 12.5. The standard InChI is InChI=1S/C40H68NO11P/c1-3-5-7-8-9-10-13-17-20-23-26-30-38(43)49-32-36(33-50-53(47,48)51-34-37(41)40(45)46)52-39(44)31-27-24-21-18-15-12-11-14-16-19-22-25-29-35(42)28-6-4-2/h6,11-12,16,18-19,21-22,25,28,35-37,42H,3-5,7-10,13-15,17,20,23-24,26-27,29-34,41H2,1-2H3,(H,45,46)(H,47,48)/b12-11-,19-16-,21-18-,25-22+,28-6-/t35?,36-,37+/m1/s1. The minimum Gasteiger partial charge on any atom is -0.480 e. The molecule has 53 heavy (non-hydrogen) atoms. The van der Waals surface area contributed by atoms with Crippen LogP contribution in [0.25, 0.3) is 0 Å². The van der Waals surface area contributed by atoms with E-state index in [0.717, 1.165) is 38.5 Å². The number of nitrogens with two attached hydrogens (primary N) is 1. The maximum absolute atomic E-state index is 12.5. The SMILES string of the molecule is CC/C=C\C(O)C/C=C/C=C\C/C=C\C/C=C\CCCC(=O)O[C@H](COC(=O)CCCCCCCCCCCCC)COP(=O)(O)OC[C@H](N)C(=O)O. The van der Waals surface area contributed by atoms with Crippen LogP contribution in [0.3, 0.4) is 0 Å². The second-order valence-corrected chi connectivity index (χ2v) is 14.3. The summed E-state index contributed by atoms with van der Waals surface area (Å²) in [6.45, 7) is 2.46. The van der Waals surface area contributed by atoms with Crippen molar-refractivity contribution >= 4 is 25.7 Å². The summed E-state index contributed by atoms with van der Waals surface area (Å²) in [6, 6.07) is -1.54. The van der Waals surface area contributed by atoms with Crippen LogP contribution in [-0.2, 0) is 37.5 Å². The third kappa shape index (κ3) is 34.6. The molecule has 0 amide bonds.